The Balaban J connectivity index is 2.06. The normalized spacial score (nSPS) is 13.6. The molecular formula is C17H21N5O. The van der Waals surface area contributed by atoms with Crippen molar-refractivity contribution in [3.8, 4) is 11.4 Å². The molecule has 0 radical (unpaired) electrons. The Morgan fingerprint density at radius 1 is 1.26 bits per heavy atom. The van der Waals surface area contributed by atoms with Crippen LogP contribution < -0.4 is 10.6 Å². The summed E-state index contributed by atoms with van der Waals surface area (Å²) in [6.07, 6.45) is 0.754. The van der Waals surface area contributed by atoms with E-state index in [1.807, 2.05) is 49.3 Å². The predicted octanol–water partition coefficient (Wildman–Crippen LogP) is 1.05. The first-order valence-corrected chi connectivity index (χ1v) is 7.70. The van der Waals surface area contributed by atoms with Gasteiger partial charge in [0.1, 0.15) is 5.82 Å². The Morgan fingerprint density at radius 3 is 2.65 bits per heavy atom. The third-order valence-electron chi connectivity index (χ3n) is 4.03. The minimum atomic E-state index is -0.0399. The van der Waals surface area contributed by atoms with Gasteiger partial charge in [-0.15, -0.1) is 0 Å². The third kappa shape index (κ3) is 3.03. The summed E-state index contributed by atoms with van der Waals surface area (Å²) < 4.78 is 0. The minimum absolute atomic E-state index is 0.0342. The van der Waals surface area contributed by atoms with E-state index in [9.17, 15) is 4.79 Å². The zero-order chi connectivity index (χ0) is 16.4. The molecule has 1 aromatic heterocycles. The van der Waals surface area contributed by atoms with E-state index in [0.717, 1.165) is 29.1 Å². The Bertz CT molecular complexity index is 714. The van der Waals surface area contributed by atoms with Crippen molar-refractivity contribution in [2.45, 2.75) is 13.0 Å². The van der Waals surface area contributed by atoms with Gasteiger partial charge in [0.05, 0.1) is 18.8 Å². The molecule has 0 atom stereocenters. The second-order valence-corrected chi connectivity index (χ2v) is 5.83. The van der Waals surface area contributed by atoms with Crippen molar-refractivity contribution in [3.05, 3.63) is 41.6 Å². The summed E-state index contributed by atoms with van der Waals surface area (Å²) in [6.45, 7) is 1.19. The van der Waals surface area contributed by atoms with Crippen LogP contribution in [0.3, 0.4) is 0 Å². The molecule has 0 aliphatic carbocycles. The number of rotatable bonds is 3. The predicted molar refractivity (Wildman–Crippen MR) is 90.0 cm³/mol. The SMILES string of the molecule is CN(C)c1nc(-c2ccccc2)nc2c1CCN(C(=O)CN)C2. The fourth-order valence-electron chi connectivity index (χ4n) is 2.84. The van der Waals surface area contributed by atoms with Crippen LogP contribution in [0.15, 0.2) is 30.3 Å². The van der Waals surface area contributed by atoms with Gasteiger partial charge < -0.3 is 15.5 Å². The molecule has 1 aromatic carbocycles. The molecule has 0 saturated heterocycles. The van der Waals surface area contributed by atoms with Crippen LogP contribution in [0.4, 0.5) is 5.82 Å². The highest BCUT2D eigenvalue weighted by atomic mass is 16.2. The van der Waals surface area contributed by atoms with Gasteiger partial charge in [0.2, 0.25) is 5.91 Å². The Morgan fingerprint density at radius 2 is 2.00 bits per heavy atom. The first kappa shape index (κ1) is 15.4. The molecule has 2 aromatic rings. The number of carbonyl (C=O) groups excluding carboxylic acids is 1. The van der Waals surface area contributed by atoms with E-state index in [2.05, 4.69) is 0 Å². The molecule has 6 heteroatoms. The van der Waals surface area contributed by atoms with Crippen molar-refractivity contribution < 1.29 is 4.79 Å². The first-order chi connectivity index (χ1) is 11.1. The van der Waals surface area contributed by atoms with E-state index < -0.39 is 0 Å². The van der Waals surface area contributed by atoms with Crippen molar-refractivity contribution in [2.75, 3.05) is 32.1 Å². The van der Waals surface area contributed by atoms with Gasteiger partial charge in [-0.1, -0.05) is 30.3 Å². The van der Waals surface area contributed by atoms with Crippen molar-refractivity contribution in [2.24, 2.45) is 5.73 Å². The standard InChI is InChI=1S/C17H21N5O/c1-21(2)17-13-8-9-22(15(23)10-18)11-14(13)19-16(20-17)12-6-4-3-5-7-12/h3-7H,8-11,18H2,1-2H3. The highest BCUT2D eigenvalue weighted by Crippen LogP contribution is 2.28. The average Bonchev–Trinajstić information content (AvgIpc) is 2.60. The number of hydrogen-bond acceptors (Lipinski definition) is 5. The highest BCUT2D eigenvalue weighted by molar-refractivity contribution is 5.78. The maximum absolute atomic E-state index is 11.9. The molecule has 1 amide bonds. The Hall–Kier alpha value is -2.47. The third-order valence-corrected chi connectivity index (χ3v) is 4.03. The second kappa shape index (κ2) is 6.34. The molecule has 0 spiro atoms. The lowest BCUT2D eigenvalue weighted by Crippen LogP contribution is -2.40. The number of nitrogens with zero attached hydrogens (tertiary/aromatic N) is 4. The van der Waals surface area contributed by atoms with Crippen LogP contribution in [0.1, 0.15) is 11.3 Å². The van der Waals surface area contributed by atoms with Gasteiger partial charge in [0, 0.05) is 31.8 Å². The number of amides is 1. The average molecular weight is 311 g/mol. The number of hydrogen-bond donors (Lipinski definition) is 1. The number of nitrogens with two attached hydrogens (primary N) is 1. The van der Waals surface area contributed by atoms with E-state index in [-0.39, 0.29) is 12.5 Å². The number of fused-ring (bicyclic) bond motifs is 1. The van der Waals surface area contributed by atoms with Crippen LogP contribution >= 0.6 is 0 Å². The quantitative estimate of drug-likeness (QED) is 0.917. The van der Waals surface area contributed by atoms with Gasteiger partial charge in [-0.2, -0.15) is 0 Å². The van der Waals surface area contributed by atoms with E-state index in [4.69, 9.17) is 15.7 Å². The monoisotopic (exact) mass is 311 g/mol. The summed E-state index contributed by atoms with van der Waals surface area (Å²) in [7, 11) is 3.96. The van der Waals surface area contributed by atoms with Crippen molar-refractivity contribution in [1.82, 2.24) is 14.9 Å². The van der Waals surface area contributed by atoms with Gasteiger partial charge in [0.25, 0.3) is 0 Å². The maximum atomic E-state index is 11.9. The second-order valence-electron chi connectivity index (χ2n) is 5.83. The van der Waals surface area contributed by atoms with Gasteiger partial charge in [-0.3, -0.25) is 4.79 Å². The van der Waals surface area contributed by atoms with Crippen LogP contribution in [0.25, 0.3) is 11.4 Å². The summed E-state index contributed by atoms with van der Waals surface area (Å²) in [6, 6.07) is 9.89. The van der Waals surface area contributed by atoms with Crippen LogP contribution in [-0.2, 0) is 17.8 Å². The molecule has 0 unspecified atom stereocenters. The first-order valence-electron chi connectivity index (χ1n) is 7.70. The summed E-state index contributed by atoms with van der Waals surface area (Å²) >= 11 is 0. The summed E-state index contributed by atoms with van der Waals surface area (Å²) in [5, 5.41) is 0. The molecule has 2 N–H and O–H groups in total. The fourth-order valence-corrected chi connectivity index (χ4v) is 2.84. The lowest BCUT2D eigenvalue weighted by molar-refractivity contribution is -0.130. The molecule has 23 heavy (non-hydrogen) atoms. The molecule has 1 aliphatic rings. The summed E-state index contributed by atoms with van der Waals surface area (Å²) in [5.74, 6) is 1.57. The summed E-state index contributed by atoms with van der Waals surface area (Å²) in [5.41, 5.74) is 8.50. The van der Waals surface area contributed by atoms with Crippen molar-refractivity contribution >= 4 is 11.7 Å². The maximum Gasteiger partial charge on any atom is 0.236 e. The fraction of sp³-hybridized carbons (Fsp3) is 0.353. The topological polar surface area (TPSA) is 75.4 Å². The van der Waals surface area contributed by atoms with Crippen molar-refractivity contribution in [1.29, 1.82) is 0 Å². The van der Waals surface area contributed by atoms with E-state index in [0.29, 0.717) is 18.9 Å². The van der Waals surface area contributed by atoms with Gasteiger partial charge in [0.15, 0.2) is 5.82 Å². The van der Waals surface area contributed by atoms with Gasteiger partial charge in [-0.25, -0.2) is 9.97 Å². The smallest absolute Gasteiger partial charge is 0.236 e. The lowest BCUT2D eigenvalue weighted by atomic mass is 10.0. The molecule has 0 saturated carbocycles. The Kier molecular flexibility index (Phi) is 4.25. The Labute approximate surface area is 135 Å². The number of aromatic nitrogens is 2. The lowest BCUT2D eigenvalue weighted by Gasteiger charge is -2.30. The van der Waals surface area contributed by atoms with E-state index in [1.54, 1.807) is 4.90 Å². The van der Waals surface area contributed by atoms with Crippen LogP contribution in [0.2, 0.25) is 0 Å². The van der Waals surface area contributed by atoms with E-state index >= 15 is 0 Å². The summed E-state index contributed by atoms with van der Waals surface area (Å²) in [4.78, 5) is 25.1. The molecule has 1 aliphatic heterocycles. The molecule has 120 valence electrons. The largest absolute Gasteiger partial charge is 0.362 e. The molecule has 0 bridgehead atoms. The van der Waals surface area contributed by atoms with Crippen LogP contribution in [0.5, 0.6) is 0 Å². The molecule has 6 nitrogen and oxygen atoms in total. The van der Waals surface area contributed by atoms with E-state index in [1.165, 1.54) is 0 Å². The van der Waals surface area contributed by atoms with Gasteiger partial charge >= 0.3 is 0 Å². The number of benzene rings is 1. The molecule has 3 rings (SSSR count). The van der Waals surface area contributed by atoms with Crippen molar-refractivity contribution in [3.63, 3.8) is 0 Å². The number of anilines is 1. The molecular weight excluding hydrogens is 290 g/mol. The highest BCUT2D eigenvalue weighted by Gasteiger charge is 2.25. The van der Waals surface area contributed by atoms with Crippen LogP contribution in [-0.4, -0.2) is 48.0 Å². The van der Waals surface area contributed by atoms with Crippen LogP contribution in [0, 0.1) is 0 Å². The minimum Gasteiger partial charge on any atom is -0.362 e. The zero-order valence-electron chi connectivity index (χ0n) is 13.5. The molecule has 2 heterocycles. The molecule has 0 fully saturated rings. The number of carbonyl (C=O) groups is 1. The van der Waals surface area contributed by atoms with Gasteiger partial charge in [-0.05, 0) is 6.42 Å². The zero-order valence-corrected chi connectivity index (χ0v) is 13.5.